The number of fused-ring (bicyclic) bond motifs is 2. The molecule has 1 aliphatic carbocycles. The lowest BCUT2D eigenvalue weighted by Crippen LogP contribution is -2.15. The van der Waals surface area contributed by atoms with Gasteiger partial charge in [0.1, 0.15) is 5.75 Å². The van der Waals surface area contributed by atoms with Crippen LogP contribution in [-0.2, 0) is 13.5 Å². The van der Waals surface area contributed by atoms with E-state index >= 15 is 0 Å². The quantitative estimate of drug-likeness (QED) is 0.719. The molecule has 4 nitrogen and oxygen atoms in total. The van der Waals surface area contributed by atoms with Gasteiger partial charge in [-0.15, -0.1) is 0 Å². The third kappa shape index (κ3) is 3.51. The van der Waals surface area contributed by atoms with Gasteiger partial charge in [-0.05, 0) is 60.4 Å². The highest BCUT2D eigenvalue weighted by Gasteiger charge is 2.41. The number of thioether (sulfide) groups is 1. The van der Waals surface area contributed by atoms with E-state index in [2.05, 4.69) is 39.1 Å². The van der Waals surface area contributed by atoms with E-state index in [1.165, 1.54) is 36.4 Å². The maximum atomic E-state index is 5.62. The first-order chi connectivity index (χ1) is 12.2. The normalized spacial score (nSPS) is 27.0. The predicted octanol–water partition coefficient (Wildman–Crippen LogP) is 4.50. The maximum Gasteiger partial charge on any atom is 0.167 e. The third-order valence-corrected chi connectivity index (χ3v) is 7.96. The van der Waals surface area contributed by atoms with Crippen molar-refractivity contribution in [3.63, 3.8) is 0 Å². The van der Waals surface area contributed by atoms with Gasteiger partial charge in [-0.2, -0.15) is 0 Å². The molecule has 1 saturated heterocycles. The van der Waals surface area contributed by atoms with Crippen molar-refractivity contribution in [2.24, 2.45) is 18.9 Å². The zero-order chi connectivity index (χ0) is 16.8. The minimum atomic E-state index is 0. The van der Waals surface area contributed by atoms with E-state index in [1.54, 1.807) is 0 Å². The Morgan fingerprint density at radius 3 is 2.73 bits per heavy atom. The molecule has 2 fully saturated rings. The van der Waals surface area contributed by atoms with Crippen molar-refractivity contribution in [1.29, 1.82) is 0 Å². The van der Waals surface area contributed by atoms with Crippen LogP contribution in [0.25, 0.3) is 0 Å². The number of aryl methyl sites for hydroxylation is 1. The van der Waals surface area contributed by atoms with Gasteiger partial charge in [-0.1, -0.05) is 19.2 Å². The van der Waals surface area contributed by atoms with Crippen LogP contribution < -0.4 is 4.74 Å². The van der Waals surface area contributed by atoms with E-state index in [0.717, 1.165) is 41.0 Å². The van der Waals surface area contributed by atoms with Gasteiger partial charge in [-0.3, -0.25) is 0 Å². The van der Waals surface area contributed by atoms with Crippen LogP contribution in [0.5, 0.6) is 5.75 Å². The number of hydrogen-bond donors (Lipinski definition) is 0. The molecular weight excluding hydrogens is 362 g/mol. The number of ether oxygens (including phenoxy) is 1. The zero-order valence-corrected chi connectivity index (χ0v) is 16.1. The largest absolute Gasteiger partial charge is 0.493 e. The Kier molecular flexibility index (Phi) is 5.26. The number of rotatable bonds is 4. The monoisotopic (exact) mass is 389 g/mol. The van der Waals surface area contributed by atoms with Crippen molar-refractivity contribution in [1.82, 2.24) is 13.9 Å². The molecule has 3 aliphatic rings. The maximum absolute atomic E-state index is 5.62. The molecule has 0 spiro atoms. The summed E-state index contributed by atoms with van der Waals surface area (Å²) in [7, 11) is 2.09. The van der Waals surface area contributed by atoms with Crippen LogP contribution in [0.15, 0.2) is 40.6 Å². The van der Waals surface area contributed by atoms with Gasteiger partial charge in [0.2, 0.25) is 0 Å². The summed E-state index contributed by atoms with van der Waals surface area (Å²) in [6.45, 7) is 3.29. The summed E-state index contributed by atoms with van der Waals surface area (Å²) < 4.78 is 10.3. The van der Waals surface area contributed by atoms with Gasteiger partial charge in [0.15, 0.2) is 5.16 Å². The molecule has 6 heteroatoms. The summed E-state index contributed by atoms with van der Waals surface area (Å²) in [6, 6.07) is 6.67. The van der Waals surface area contributed by atoms with Crippen molar-refractivity contribution in [2.45, 2.75) is 42.0 Å². The van der Waals surface area contributed by atoms with Crippen LogP contribution in [0, 0.1) is 11.8 Å². The molecule has 1 aromatic carbocycles. The molecule has 140 valence electrons. The van der Waals surface area contributed by atoms with Crippen LogP contribution in [0.2, 0.25) is 0 Å². The number of imidazole rings is 1. The molecule has 2 aliphatic heterocycles. The Morgan fingerprint density at radius 2 is 2.00 bits per heavy atom. The Labute approximate surface area is 164 Å². The highest BCUT2D eigenvalue weighted by molar-refractivity contribution is 7.99. The van der Waals surface area contributed by atoms with Gasteiger partial charge in [0.05, 0.1) is 6.61 Å². The SMILES string of the molecule is C.Cn1ccnc1SC1CC2CN(Sc3ccc4c(c3)CCO4)C[C@H]2C1. The minimum Gasteiger partial charge on any atom is -0.493 e. The zero-order valence-electron chi connectivity index (χ0n) is 14.4. The molecule has 5 rings (SSSR count). The third-order valence-electron chi connectivity index (χ3n) is 5.62. The average Bonchev–Trinajstić information content (AvgIpc) is 3.33. The standard InChI is InChI=1S/C19H23N3OS2.CH4/c1-21-6-5-20-19(21)24-17-9-14-11-22(12-15(14)10-17)25-16-2-3-18-13(8-16)4-7-23-18;/h2-3,5-6,8,14-15,17H,4,7,9-12H2,1H3;1H4/t14-,15?,17?;/m1./s1. The minimum absolute atomic E-state index is 0. The highest BCUT2D eigenvalue weighted by atomic mass is 32.2. The molecule has 3 atom stereocenters. The Morgan fingerprint density at radius 1 is 1.19 bits per heavy atom. The first-order valence-electron chi connectivity index (χ1n) is 9.07. The molecule has 2 aromatic rings. The molecule has 0 N–H and O–H groups in total. The van der Waals surface area contributed by atoms with Crippen molar-refractivity contribution < 1.29 is 4.74 Å². The molecule has 0 radical (unpaired) electrons. The Bertz CT molecular complexity index is 764. The first kappa shape index (κ1) is 18.3. The van der Waals surface area contributed by atoms with Crippen LogP contribution in [0.4, 0.5) is 0 Å². The average molecular weight is 390 g/mol. The fourth-order valence-electron chi connectivity index (χ4n) is 4.36. The van der Waals surface area contributed by atoms with E-state index in [4.69, 9.17) is 4.74 Å². The van der Waals surface area contributed by atoms with E-state index in [1.807, 2.05) is 36.1 Å². The summed E-state index contributed by atoms with van der Waals surface area (Å²) in [6.07, 6.45) is 7.66. The topological polar surface area (TPSA) is 30.3 Å². The molecular formula is C20H27N3OS2. The van der Waals surface area contributed by atoms with E-state index in [0.29, 0.717) is 0 Å². The van der Waals surface area contributed by atoms with Crippen LogP contribution in [0.3, 0.4) is 0 Å². The summed E-state index contributed by atoms with van der Waals surface area (Å²) in [5.41, 5.74) is 1.37. The fraction of sp³-hybridized carbons (Fsp3) is 0.550. The number of aromatic nitrogens is 2. The second-order valence-electron chi connectivity index (χ2n) is 7.36. The molecule has 0 bridgehead atoms. The number of nitrogens with zero attached hydrogens (tertiary/aromatic N) is 3. The second-order valence-corrected chi connectivity index (χ2v) is 9.80. The highest BCUT2D eigenvalue weighted by Crippen LogP contribution is 2.47. The van der Waals surface area contributed by atoms with Gasteiger partial charge in [-0.25, -0.2) is 9.29 Å². The lowest BCUT2D eigenvalue weighted by molar-refractivity contribution is 0.356. The molecule has 1 aromatic heterocycles. The van der Waals surface area contributed by atoms with Crippen molar-refractivity contribution in [2.75, 3.05) is 19.7 Å². The predicted molar refractivity (Wildman–Crippen MR) is 109 cm³/mol. The van der Waals surface area contributed by atoms with Crippen molar-refractivity contribution in [3.05, 3.63) is 36.2 Å². The first-order valence-corrected chi connectivity index (χ1v) is 10.7. The van der Waals surface area contributed by atoms with E-state index in [-0.39, 0.29) is 7.43 Å². The Hall–Kier alpha value is -1.11. The van der Waals surface area contributed by atoms with Crippen molar-refractivity contribution >= 4 is 23.7 Å². The van der Waals surface area contributed by atoms with Gasteiger partial charge >= 0.3 is 0 Å². The van der Waals surface area contributed by atoms with Crippen LogP contribution >= 0.6 is 23.7 Å². The van der Waals surface area contributed by atoms with Crippen molar-refractivity contribution in [3.8, 4) is 5.75 Å². The molecule has 26 heavy (non-hydrogen) atoms. The van der Waals surface area contributed by atoms with Gasteiger partial charge in [0.25, 0.3) is 0 Å². The lowest BCUT2D eigenvalue weighted by Gasteiger charge is -2.18. The van der Waals surface area contributed by atoms with E-state index in [9.17, 15) is 0 Å². The molecule has 3 heterocycles. The second kappa shape index (κ2) is 7.49. The summed E-state index contributed by atoms with van der Waals surface area (Å²) in [5, 5.41) is 1.90. The smallest absolute Gasteiger partial charge is 0.167 e. The molecule has 1 saturated carbocycles. The molecule has 0 amide bonds. The summed E-state index contributed by atoms with van der Waals surface area (Å²) >= 11 is 3.91. The van der Waals surface area contributed by atoms with Gasteiger partial charge in [0, 0.05) is 49.1 Å². The number of benzene rings is 1. The van der Waals surface area contributed by atoms with Crippen LogP contribution in [-0.4, -0.2) is 38.8 Å². The lowest BCUT2D eigenvalue weighted by atomic mass is 10.0. The fourth-order valence-corrected chi connectivity index (χ4v) is 6.84. The van der Waals surface area contributed by atoms with Gasteiger partial charge < -0.3 is 9.30 Å². The van der Waals surface area contributed by atoms with E-state index < -0.39 is 0 Å². The molecule has 2 unspecified atom stereocenters. The number of hydrogen-bond acceptors (Lipinski definition) is 5. The summed E-state index contributed by atoms with van der Waals surface area (Å²) in [5.74, 6) is 2.78. The Balaban J connectivity index is 0.00000168. The van der Waals surface area contributed by atoms with Crippen LogP contribution in [0.1, 0.15) is 25.8 Å². The summed E-state index contributed by atoms with van der Waals surface area (Å²) in [4.78, 5) is 5.84.